The van der Waals surface area contributed by atoms with E-state index in [0.717, 1.165) is 6.08 Å². The number of hydrogen-bond acceptors (Lipinski definition) is 7. The number of rotatable bonds is 4. The quantitative estimate of drug-likeness (QED) is 0.311. The number of carboxylic acids is 2. The van der Waals surface area contributed by atoms with Gasteiger partial charge in [-0.25, -0.2) is 4.98 Å². The van der Waals surface area contributed by atoms with Crippen LogP contribution in [0.1, 0.15) is 5.69 Å². The zero-order chi connectivity index (χ0) is 13.3. The second kappa shape index (κ2) is 10.8. The second-order valence-corrected chi connectivity index (χ2v) is 3.12. The predicted octanol–water partition coefficient (Wildman–Crippen LogP) is -2.84. The van der Waals surface area contributed by atoms with Crippen LogP contribution in [0.15, 0.2) is 18.6 Å². The third-order valence-electron chi connectivity index (χ3n) is 1.41. The van der Waals surface area contributed by atoms with Gasteiger partial charge in [0.1, 0.15) is 0 Å². The maximum absolute atomic E-state index is 9.86. The zero-order valence-electron chi connectivity index (χ0n) is 9.08. The van der Waals surface area contributed by atoms with Crippen LogP contribution in [0.5, 0.6) is 0 Å². The van der Waals surface area contributed by atoms with E-state index in [2.05, 4.69) is 22.6 Å². The Morgan fingerprint density at radius 1 is 1.56 bits per heavy atom. The largest absolute Gasteiger partial charge is 2.00 e. The van der Waals surface area contributed by atoms with E-state index in [0.29, 0.717) is 5.69 Å². The Bertz CT molecular complexity index is 383. The molecule has 0 unspecified atom stereocenters. The van der Waals surface area contributed by atoms with Gasteiger partial charge in [-0.3, -0.25) is 0 Å². The number of aromatic amines is 1. The number of nitrogens with zero attached hydrogens (tertiary/aromatic N) is 1. The van der Waals surface area contributed by atoms with Crippen molar-refractivity contribution in [3.8, 4) is 0 Å². The molecule has 0 aromatic carbocycles. The molecule has 99 valence electrons. The predicted molar refractivity (Wildman–Crippen MR) is 59.5 cm³/mol. The second-order valence-electron chi connectivity index (χ2n) is 2.75. The van der Waals surface area contributed by atoms with Gasteiger partial charge in [0.25, 0.3) is 0 Å². The summed E-state index contributed by atoms with van der Waals surface area (Å²) < 4.78 is 0. The molecule has 7 nitrogen and oxygen atoms in total. The summed E-state index contributed by atoms with van der Waals surface area (Å²) in [7, 11) is 0. The van der Waals surface area contributed by atoms with Crippen LogP contribution in [-0.2, 0) is 26.7 Å². The Labute approximate surface area is 119 Å². The van der Waals surface area contributed by atoms with Gasteiger partial charge >= 0.3 is 17.1 Å². The molecule has 9 heteroatoms. The number of aromatic nitrogens is 2. The van der Waals surface area contributed by atoms with Crippen molar-refractivity contribution in [1.82, 2.24) is 9.97 Å². The van der Waals surface area contributed by atoms with E-state index in [1.807, 2.05) is 0 Å². The van der Waals surface area contributed by atoms with Crippen molar-refractivity contribution >= 4 is 30.6 Å². The first-order valence-electron chi connectivity index (χ1n) is 4.42. The van der Waals surface area contributed by atoms with Crippen molar-refractivity contribution in [2.24, 2.45) is 5.73 Å². The molecule has 0 aliphatic rings. The number of carbonyl (C=O) groups is 2. The van der Waals surface area contributed by atoms with E-state index < -0.39 is 18.0 Å². The van der Waals surface area contributed by atoms with E-state index in [1.165, 1.54) is 12.4 Å². The molecule has 0 fully saturated rings. The third-order valence-corrected chi connectivity index (χ3v) is 1.80. The van der Waals surface area contributed by atoms with Gasteiger partial charge in [0.15, 0.2) is 0 Å². The fraction of sp³-hybridized carbons (Fsp3) is 0.222. The van der Waals surface area contributed by atoms with Crippen LogP contribution in [-0.4, -0.2) is 33.7 Å². The van der Waals surface area contributed by atoms with Gasteiger partial charge in [0.05, 0.1) is 30.0 Å². The van der Waals surface area contributed by atoms with E-state index in [1.54, 1.807) is 6.20 Å². The molecule has 0 bridgehead atoms. The Morgan fingerprint density at radius 2 is 2.17 bits per heavy atom. The van der Waals surface area contributed by atoms with Crippen molar-refractivity contribution in [3.63, 3.8) is 0 Å². The molecule has 0 saturated carbocycles. The van der Waals surface area contributed by atoms with Gasteiger partial charge < -0.3 is 30.5 Å². The summed E-state index contributed by atoms with van der Waals surface area (Å²) in [5.74, 6) is -2.35. The molecule has 0 spiro atoms. The van der Waals surface area contributed by atoms with Crippen LogP contribution in [0.3, 0.4) is 0 Å². The summed E-state index contributed by atoms with van der Waals surface area (Å²) in [6.45, 7) is 0. The molecule has 1 rings (SSSR count). The van der Waals surface area contributed by atoms with Gasteiger partial charge in [0.2, 0.25) is 0 Å². The topological polar surface area (TPSA) is 135 Å². The summed E-state index contributed by atoms with van der Waals surface area (Å²) in [6, 6.07) is -0.927. The fourth-order valence-electron chi connectivity index (χ4n) is 0.591. The number of nitrogens with one attached hydrogen (secondary N) is 1. The standard InChI is InChI=1S/C6H6N2O2.C3H7NO2S.Mn/c9-6(10)2-1-5-3-7-4-8-5;4-2(1-7)3(5)6;/h1-4H,(H,7,8)(H,9,10);2,7H,1,4H2,(H,5,6);/q;;+2/p-2/t;2-;/m.0./s1. The van der Waals surface area contributed by atoms with Gasteiger partial charge in [-0.15, -0.1) is 0 Å². The van der Waals surface area contributed by atoms with Gasteiger partial charge in [0, 0.05) is 11.9 Å². The number of hydrogen-bond donors (Lipinski definition) is 3. The number of thiol groups is 1. The number of aliphatic carboxylic acids is 2. The molecule has 0 aliphatic heterocycles. The maximum Gasteiger partial charge on any atom is 2.00 e. The summed E-state index contributed by atoms with van der Waals surface area (Å²) in [6.07, 6.45) is 5.33. The number of carbonyl (C=O) groups excluding carboxylic acids is 2. The summed E-state index contributed by atoms with van der Waals surface area (Å²) in [5, 5.41) is 19.5. The van der Waals surface area contributed by atoms with Gasteiger partial charge in [-0.1, -0.05) is 0 Å². The van der Waals surface area contributed by atoms with Crippen LogP contribution in [0.2, 0.25) is 0 Å². The smallest absolute Gasteiger partial charge is 0.548 e. The SMILES string of the molecule is N[C@@H](CS)C(=O)[O-].O=C([O-])C=Cc1c[nH]cn1.[Mn+2]. The van der Waals surface area contributed by atoms with Crippen LogP contribution >= 0.6 is 12.6 Å². The van der Waals surface area contributed by atoms with Crippen LogP contribution < -0.4 is 15.9 Å². The minimum Gasteiger partial charge on any atom is -0.548 e. The molecular weight excluding hydrogens is 301 g/mol. The molecule has 3 N–H and O–H groups in total. The maximum atomic E-state index is 9.86. The molecule has 1 aromatic rings. The summed E-state index contributed by atoms with van der Waals surface area (Å²) in [4.78, 5) is 25.9. The minimum atomic E-state index is -1.25. The molecular formula is C9H11MnN3O4S. The first-order chi connectivity index (χ1) is 7.97. The van der Waals surface area contributed by atoms with E-state index in [-0.39, 0.29) is 22.8 Å². The average molecular weight is 312 g/mol. The molecule has 0 aliphatic carbocycles. The van der Waals surface area contributed by atoms with Gasteiger partial charge in [-0.2, -0.15) is 12.6 Å². The number of nitrogens with two attached hydrogens (primary N) is 1. The average Bonchev–Trinajstić information content (AvgIpc) is 2.78. The van der Waals surface area contributed by atoms with Crippen LogP contribution in [0.4, 0.5) is 0 Å². The Kier molecular flexibility index (Phi) is 11.5. The molecule has 0 amide bonds. The van der Waals surface area contributed by atoms with Crippen molar-refractivity contribution in [2.45, 2.75) is 6.04 Å². The van der Waals surface area contributed by atoms with E-state index in [4.69, 9.17) is 5.73 Å². The first-order valence-corrected chi connectivity index (χ1v) is 5.05. The van der Waals surface area contributed by atoms with Crippen molar-refractivity contribution in [3.05, 3.63) is 24.3 Å². The minimum absolute atomic E-state index is 0. The Hall–Kier alpha value is -1.28. The van der Waals surface area contributed by atoms with Crippen LogP contribution in [0, 0.1) is 0 Å². The normalized spacial score (nSPS) is 11.0. The number of imidazole rings is 1. The molecule has 1 atom stereocenters. The zero-order valence-corrected chi connectivity index (χ0v) is 11.2. The van der Waals surface area contributed by atoms with Crippen molar-refractivity contribution in [1.29, 1.82) is 0 Å². The first kappa shape index (κ1) is 19.1. The van der Waals surface area contributed by atoms with Gasteiger partial charge in [-0.05, 0) is 12.2 Å². The van der Waals surface area contributed by atoms with Crippen molar-refractivity contribution in [2.75, 3.05) is 5.75 Å². The third kappa shape index (κ3) is 9.91. The summed E-state index contributed by atoms with van der Waals surface area (Å²) in [5.41, 5.74) is 5.45. The Morgan fingerprint density at radius 3 is 2.44 bits per heavy atom. The molecule has 1 radical (unpaired) electrons. The Balaban J connectivity index is 0. The molecule has 0 saturated heterocycles. The monoisotopic (exact) mass is 312 g/mol. The molecule has 18 heavy (non-hydrogen) atoms. The van der Waals surface area contributed by atoms with E-state index in [9.17, 15) is 19.8 Å². The molecule has 1 heterocycles. The fourth-order valence-corrected chi connectivity index (χ4v) is 0.740. The molecule has 1 aromatic heterocycles. The summed E-state index contributed by atoms with van der Waals surface area (Å²) >= 11 is 3.61. The van der Waals surface area contributed by atoms with Crippen molar-refractivity contribution < 1.29 is 36.9 Å². The number of H-pyrrole nitrogens is 1. The number of carboxylic acid groups (broad SMARTS) is 2. The van der Waals surface area contributed by atoms with Crippen LogP contribution in [0.25, 0.3) is 6.08 Å². The van der Waals surface area contributed by atoms with E-state index >= 15 is 0 Å².